The maximum atomic E-state index is 12.8. The number of halogens is 3. The zero-order valence-corrected chi connectivity index (χ0v) is 16.0. The molecule has 1 rings (SSSR count). The summed E-state index contributed by atoms with van der Waals surface area (Å²) in [5, 5.41) is 3.96. The van der Waals surface area contributed by atoms with Gasteiger partial charge in [-0.3, -0.25) is 19.2 Å². The van der Waals surface area contributed by atoms with Crippen LogP contribution in [0.15, 0.2) is 0 Å². The minimum absolute atomic E-state index is 0.512. The summed E-state index contributed by atoms with van der Waals surface area (Å²) in [5.41, 5.74) is -2.15. The summed E-state index contributed by atoms with van der Waals surface area (Å²) < 4.78 is 53.0. The second-order valence-corrected chi connectivity index (χ2v) is 6.44. The van der Waals surface area contributed by atoms with Gasteiger partial charge >= 0.3 is 30.0 Å². The van der Waals surface area contributed by atoms with E-state index in [0.29, 0.717) is 0 Å². The molecule has 0 aromatic carbocycles. The van der Waals surface area contributed by atoms with Crippen molar-refractivity contribution >= 4 is 29.7 Å². The highest BCUT2D eigenvalue weighted by atomic mass is 19.4. The molecule has 0 aliphatic heterocycles. The van der Waals surface area contributed by atoms with Crippen molar-refractivity contribution in [3.8, 4) is 0 Å². The van der Waals surface area contributed by atoms with E-state index in [2.05, 4.69) is 10.1 Å². The molecule has 0 heterocycles. The van der Waals surface area contributed by atoms with Crippen LogP contribution < -0.4 is 10.6 Å². The number of esters is 3. The van der Waals surface area contributed by atoms with Crippen LogP contribution in [0.5, 0.6) is 0 Å². The van der Waals surface area contributed by atoms with Gasteiger partial charge in [-0.15, -0.1) is 0 Å². The van der Waals surface area contributed by atoms with Crippen molar-refractivity contribution in [3.05, 3.63) is 0 Å². The second kappa shape index (κ2) is 9.09. The van der Waals surface area contributed by atoms with Gasteiger partial charge < -0.3 is 24.8 Å². The van der Waals surface area contributed by atoms with Crippen LogP contribution >= 0.6 is 0 Å². The molecular formula is C16H21F3N2O8. The van der Waals surface area contributed by atoms with Gasteiger partial charge in [-0.2, -0.15) is 13.2 Å². The lowest BCUT2D eigenvalue weighted by molar-refractivity contribution is -0.196. The first-order valence-corrected chi connectivity index (χ1v) is 8.32. The van der Waals surface area contributed by atoms with Crippen molar-refractivity contribution in [1.82, 2.24) is 10.6 Å². The van der Waals surface area contributed by atoms with Crippen LogP contribution in [0, 0.1) is 0 Å². The molecule has 1 aliphatic rings. The van der Waals surface area contributed by atoms with Crippen LogP contribution in [0.4, 0.5) is 13.2 Å². The molecule has 2 amide bonds. The van der Waals surface area contributed by atoms with E-state index < -0.39 is 72.5 Å². The molecule has 2 N–H and O–H groups in total. The quantitative estimate of drug-likeness (QED) is 0.453. The fraction of sp³-hybridized carbons (Fsp3) is 0.688. The Labute approximate surface area is 163 Å². The smallest absolute Gasteiger partial charge is 0.466 e. The Morgan fingerprint density at radius 2 is 1.55 bits per heavy atom. The fourth-order valence-corrected chi connectivity index (χ4v) is 3.18. The predicted molar refractivity (Wildman–Crippen MR) is 86.9 cm³/mol. The number of alkyl halides is 3. The van der Waals surface area contributed by atoms with Crippen molar-refractivity contribution in [2.45, 2.75) is 63.6 Å². The average molecular weight is 426 g/mol. The lowest BCUT2D eigenvalue weighted by Gasteiger charge is -2.45. The topological polar surface area (TPSA) is 137 Å². The van der Waals surface area contributed by atoms with E-state index in [4.69, 9.17) is 9.47 Å². The van der Waals surface area contributed by atoms with Crippen molar-refractivity contribution in [1.29, 1.82) is 0 Å². The Morgan fingerprint density at radius 3 is 1.97 bits per heavy atom. The first kappa shape index (κ1) is 24.2. The number of ether oxygens (including phenoxy) is 3. The zero-order valence-electron chi connectivity index (χ0n) is 16.0. The third kappa shape index (κ3) is 6.32. The van der Waals surface area contributed by atoms with Crippen LogP contribution in [-0.4, -0.2) is 66.8 Å². The molecular weight excluding hydrogens is 405 g/mol. The van der Waals surface area contributed by atoms with Gasteiger partial charge in [0, 0.05) is 33.6 Å². The van der Waals surface area contributed by atoms with Crippen LogP contribution in [0.2, 0.25) is 0 Å². The van der Waals surface area contributed by atoms with Gasteiger partial charge in [0.15, 0.2) is 0 Å². The van der Waals surface area contributed by atoms with Crippen LogP contribution in [0.25, 0.3) is 0 Å². The summed E-state index contributed by atoms with van der Waals surface area (Å²) in [6.45, 7) is 3.00. The van der Waals surface area contributed by atoms with Crippen LogP contribution in [0.1, 0.15) is 33.6 Å². The predicted octanol–water partition coefficient (Wildman–Crippen LogP) is -0.261. The third-order valence-corrected chi connectivity index (χ3v) is 4.07. The van der Waals surface area contributed by atoms with E-state index in [-0.39, 0.29) is 0 Å². The molecule has 13 heteroatoms. The summed E-state index contributed by atoms with van der Waals surface area (Å²) in [6.07, 6.45) is -7.86. The maximum absolute atomic E-state index is 12.8. The molecule has 29 heavy (non-hydrogen) atoms. The van der Waals surface area contributed by atoms with Crippen molar-refractivity contribution < 1.29 is 51.4 Å². The highest BCUT2D eigenvalue weighted by Crippen LogP contribution is 2.36. The zero-order chi connectivity index (χ0) is 22.6. The van der Waals surface area contributed by atoms with Crippen LogP contribution in [0.3, 0.4) is 0 Å². The minimum Gasteiger partial charge on any atom is -0.466 e. The summed E-state index contributed by atoms with van der Waals surface area (Å²) in [4.78, 5) is 58.4. The molecule has 1 fully saturated rings. The van der Waals surface area contributed by atoms with Crippen molar-refractivity contribution in [2.75, 3.05) is 7.11 Å². The van der Waals surface area contributed by atoms with E-state index in [1.165, 1.54) is 0 Å². The van der Waals surface area contributed by atoms with Gasteiger partial charge in [0.1, 0.15) is 6.10 Å². The normalized spacial score (nSPS) is 26.7. The lowest BCUT2D eigenvalue weighted by atomic mass is 9.76. The molecule has 0 spiro atoms. The molecule has 0 aromatic rings. The molecule has 0 bridgehead atoms. The Balaban J connectivity index is 3.45. The summed E-state index contributed by atoms with van der Waals surface area (Å²) in [5.74, 6) is -6.03. The lowest BCUT2D eigenvalue weighted by Crippen LogP contribution is -2.68. The average Bonchev–Trinajstić information content (AvgIpc) is 2.54. The van der Waals surface area contributed by atoms with E-state index >= 15 is 0 Å². The molecule has 1 aliphatic carbocycles. The molecule has 0 radical (unpaired) electrons. The number of rotatable bonds is 5. The van der Waals surface area contributed by atoms with Gasteiger partial charge in [0.2, 0.25) is 11.5 Å². The first-order chi connectivity index (χ1) is 13.2. The van der Waals surface area contributed by atoms with Crippen molar-refractivity contribution in [3.63, 3.8) is 0 Å². The van der Waals surface area contributed by atoms with Gasteiger partial charge in [0.25, 0.3) is 0 Å². The highest BCUT2D eigenvalue weighted by molar-refractivity contribution is 5.85. The summed E-state index contributed by atoms with van der Waals surface area (Å²) in [6, 6.07) is -2.93. The molecule has 0 saturated heterocycles. The number of amides is 2. The standard InChI is InChI=1S/C16H21F3N2O8/c1-7(22)20-12-10(21-13(25)16(17,18)19)5-15(14(26)27-4,29-9(3)24)6-11(12)28-8(2)23/h10-12H,5-6H2,1-4H3,(H,20,22)(H,21,25)/t10-,11+,12+,15-/m0/s1. The molecule has 1 saturated carbocycles. The van der Waals surface area contributed by atoms with Crippen LogP contribution in [-0.2, 0) is 38.2 Å². The fourth-order valence-electron chi connectivity index (χ4n) is 3.18. The Morgan fingerprint density at radius 1 is 0.966 bits per heavy atom. The van der Waals surface area contributed by atoms with Gasteiger partial charge in [0.05, 0.1) is 19.2 Å². The highest BCUT2D eigenvalue weighted by Gasteiger charge is 2.56. The monoisotopic (exact) mass is 426 g/mol. The minimum atomic E-state index is -5.27. The first-order valence-electron chi connectivity index (χ1n) is 8.32. The van der Waals surface area contributed by atoms with Gasteiger partial charge in [-0.25, -0.2) is 4.79 Å². The summed E-state index contributed by atoms with van der Waals surface area (Å²) in [7, 11) is 0.956. The number of carbonyl (C=O) groups is 5. The molecule has 164 valence electrons. The molecule has 10 nitrogen and oxygen atoms in total. The summed E-state index contributed by atoms with van der Waals surface area (Å²) >= 11 is 0. The van der Waals surface area contributed by atoms with Crippen molar-refractivity contribution in [2.24, 2.45) is 0 Å². The number of nitrogens with one attached hydrogen (secondary N) is 2. The largest absolute Gasteiger partial charge is 0.471 e. The van der Waals surface area contributed by atoms with E-state index in [1.807, 2.05) is 0 Å². The van der Waals surface area contributed by atoms with Gasteiger partial charge in [-0.1, -0.05) is 0 Å². The Hall–Kier alpha value is -2.86. The number of hydrogen-bond acceptors (Lipinski definition) is 8. The molecule has 4 atom stereocenters. The van der Waals surface area contributed by atoms with E-state index in [9.17, 15) is 37.1 Å². The number of carbonyl (C=O) groups excluding carboxylic acids is 5. The molecule has 0 aromatic heterocycles. The third-order valence-electron chi connectivity index (χ3n) is 4.07. The van der Waals surface area contributed by atoms with Gasteiger partial charge in [-0.05, 0) is 0 Å². The number of methoxy groups -OCH3 is 1. The van der Waals surface area contributed by atoms with E-state index in [1.54, 1.807) is 5.32 Å². The Bertz CT molecular complexity index is 696. The van der Waals surface area contributed by atoms with E-state index in [0.717, 1.165) is 27.9 Å². The molecule has 0 unspecified atom stereocenters. The maximum Gasteiger partial charge on any atom is 0.471 e. The number of hydrogen-bond donors (Lipinski definition) is 2. The SMILES string of the molecule is COC(=O)[C@]1(OC(C)=O)C[C@H](NC(=O)C(F)(F)F)[C@@H](NC(C)=O)[C@H](OC(C)=O)C1. The second-order valence-electron chi connectivity index (χ2n) is 6.44. The Kier molecular flexibility index (Phi) is 7.58.